The van der Waals surface area contributed by atoms with Crippen molar-refractivity contribution in [2.45, 2.75) is 33.1 Å². The third kappa shape index (κ3) is 3.58. The molecule has 140 valence electrons. The molecule has 1 aliphatic carbocycles. The summed E-state index contributed by atoms with van der Waals surface area (Å²) in [5, 5.41) is 7.24. The molecule has 0 spiro atoms. The van der Waals surface area contributed by atoms with E-state index in [1.165, 1.54) is 17.7 Å². The van der Waals surface area contributed by atoms with Crippen LogP contribution in [0.4, 0.5) is 5.82 Å². The van der Waals surface area contributed by atoms with E-state index in [2.05, 4.69) is 22.4 Å². The van der Waals surface area contributed by atoms with Crippen molar-refractivity contribution in [2.24, 2.45) is 5.92 Å². The summed E-state index contributed by atoms with van der Waals surface area (Å²) in [6.07, 6.45) is 3.22. The van der Waals surface area contributed by atoms with Gasteiger partial charge in [0.25, 0.3) is 5.91 Å². The Bertz CT molecular complexity index is 1020. The van der Waals surface area contributed by atoms with Crippen molar-refractivity contribution in [3.05, 3.63) is 46.8 Å². The van der Waals surface area contributed by atoms with Crippen molar-refractivity contribution in [3.8, 4) is 0 Å². The number of esters is 1. The summed E-state index contributed by atoms with van der Waals surface area (Å²) in [5.74, 6) is 0.520. The van der Waals surface area contributed by atoms with Crippen LogP contribution in [-0.4, -0.2) is 28.6 Å². The highest BCUT2D eigenvalue weighted by Crippen LogP contribution is 2.32. The Morgan fingerprint density at radius 3 is 3.00 bits per heavy atom. The molecule has 0 aliphatic heterocycles. The van der Waals surface area contributed by atoms with E-state index < -0.39 is 11.9 Å². The molecule has 0 saturated heterocycles. The fourth-order valence-corrected chi connectivity index (χ4v) is 3.54. The molecule has 3 aromatic rings. The smallest absolute Gasteiger partial charge is 0.338 e. The van der Waals surface area contributed by atoms with Crippen LogP contribution in [0.25, 0.3) is 10.9 Å². The minimum atomic E-state index is -0.526. The number of rotatable bonds is 4. The number of H-pyrrole nitrogens is 1. The van der Waals surface area contributed by atoms with Crippen LogP contribution in [0.3, 0.4) is 0 Å². The molecule has 4 rings (SSSR count). The Hall–Kier alpha value is -3.09. The number of aromatic amines is 1. The third-order valence-corrected chi connectivity index (χ3v) is 4.90. The van der Waals surface area contributed by atoms with Gasteiger partial charge in [-0.2, -0.15) is 0 Å². The standard InChI is InChI=1S/C20H21N3O4/c1-11-3-5-16-14(7-11)15-9-13(4-6-17(15)21-16)20(25)26-10-19(24)22-18-8-12(2)27-23-18/h4,6,8-9,11,21H,3,5,7,10H2,1-2H3,(H,22,23,24). The van der Waals surface area contributed by atoms with Crippen LogP contribution in [0.15, 0.2) is 28.8 Å². The van der Waals surface area contributed by atoms with E-state index in [9.17, 15) is 9.59 Å². The Morgan fingerprint density at radius 1 is 1.37 bits per heavy atom. The first-order chi connectivity index (χ1) is 13.0. The van der Waals surface area contributed by atoms with Crippen LogP contribution in [0.1, 0.15) is 40.7 Å². The zero-order valence-electron chi connectivity index (χ0n) is 15.3. The quantitative estimate of drug-likeness (QED) is 0.689. The lowest BCUT2D eigenvalue weighted by atomic mass is 9.87. The third-order valence-electron chi connectivity index (χ3n) is 4.90. The number of hydrogen-bond donors (Lipinski definition) is 2. The number of nitrogens with zero attached hydrogens (tertiary/aromatic N) is 1. The second kappa shape index (κ2) is 6.90. The van der Waals surface area contributed by atoms with E-state index in [1.807, 2.05) is 12.1 Å². The summed E-state index contributed by atoms with van der Waals surface area (Å²) < 4.78 is 10.0. The maximum Gasteiger partial charge on any atom is 0.338 e. The van der Waals surface area contributed by atoms with Gasteiger partial charge in [-0.05, 0) is 55.9 Å². The molecule has 7 heteroatoms. The van der Waals surface area contributed by atoms with E-state index in [1.54, 1.807) is 19.1 Å². The summed E-state index contributed by atoms with van der Waals surface area (Å²) in [6, 6.07) is 7.05. The van der Waals surface area contributed by atoms with Crippen molar-refractivity contribution in [1.29, 1.82) is 0 Å². The predicted molar refractivity (Wildman–Crippen MR) is 99.6 cm³/mol. The van der Waals surface area contributed by atoms with E-state index in [0.29, 0.717) is 23.1 Å². The Kier molecular flexibility index (Phi) is 4.43. The van der Waals surface area contributed by atoms with Gasteiger partial charge in [0.1, 0.15) is 5.76 Å². The molecular formula is C20H21N3O4. The molecule has 1 amide bonds. The van der Waals surface area contributed by atoms with Gasteiger partial charge in [-0.3, -0.25) is 4.79 Å². The molecule has 1 atom stereocenters. The van der Waals surface area contributed by atoms with E-state index in [0.717, 1.165) is 23.7 Å². The number of hydrogen-bond acceptors (Lipinski definition) is 5. The highest BCUT2D eigenvalue weighted by molar-refractivity contribution is 5.98. The lowest BCUT2D eigenvalue weighted by molar-refractivity contribution is -0.119. The molecule has 0 radical (unpaired) electrons. The first kappa shape index (κ1) is 17.3. The van der Waals surface area contributed by atoms with E-state index in [4.69, 9.17) is 9.26 Å². The zero-order chi connectivity index (χ0) is 19.0. The fourth-order valence-electron chi connectivity index (χ4n) is 3.54. The summed E-state index contributed by atoms with van der Waals surface area (Å²) >= 11 is 0. The summed E-state index contributed by atoms with van der Waals surface area (Å²) in [6.45, 7) is 3.58. The summed E-state index contributed by atoms with van der Waals surface area (Å²) in [4.78, 5) is 27.7. The van der Waals surface area contributed by atoms with Crippen LogP contribution >= 0.6 is 0 Å². The van der Waals surface area contributed by atoms with Gasteiger partial charge in [0, 0.05) is 22.7 Å². The lowest BCUT2D eigenvalue weighted by Gasteiger charge is -2.18. The average Bonchev–Trinajstić information content (AvgIpc) is 3.22. The molecule has 0 saturated carbocycles. The normalized spacial score (nSPS) is 16.1. The topological polar surface area (TPSA) is 97.2 Å². The number of carbonyl (C=O) groups excluding carboxylic acids is 2. The zero-order valence-corrected chi connectivity index (χ0v) is 15.3. The lowest BCUT2D eigenvalue weighted by Crippen LogP contribution is -2.21. The Balaban J connectivity index is 1.44. The number of aromatic nitrogens is 2. The van der Waals surface area contributed by atoms with Gasteiger partial charge < -0.3 is 19.6 Å². The first-order valence-electron chi connectivity index (χ1n) is 9.03. The highest BCUT2D eigenvalue weighted by atomic mass is 16.5. The van der Waals surface area contributed by atoms with Crippen LogP contribution in [0, 0.1) is 12.8 Å². The monoisotopic (exact) mass is 367 g/mol. The predicted octanol–water partition coefficient (Wildman–Crippen LogP) is 3.38. The van der Waals surface area contributed by atoms with Crippen molar-refractivity contribution >= 4 is 28.6 Å². The van der Waals surface area contributed by atoms with Gasteiger partial charge in [0.2, 0.25) is 0 Å². The van der Waals surface area contributed by atoms with Crippen LogP contribution in [-0.2, 0) is 22.4 Å². The van der Waals surface area contributed by atoms with E-state index >= 15 is 0 Å². The maximum atomic E-state index is 12.4. The summed E-state index contributed by atoms with van der Waals surface area (Å²) in [7, 11) is 0. The highest BCUT2D eigenvalue weighted by Gasteiger charge is 2.21. The molecule has 1 aliphatic rings. The Labute approximate surface area is 156 Å². The molecule has 2 aromatic heterocycles. The van der Waals surface area contributed by atoms with Gasteiger partial charge >= 0.3 is 5.97 Å². The molecular weight excluding hydrogens is 346 g/mol. The first-order valence-corrected chi connectivity index (χ1v) is 9.03. The number of nitrogens with one attached hydrogen (secondary N) is 2. The number of benzene rings is 1. The number of aryl methyl sites for hydroxylation is 2. The van der Waals surface area contributed by atoms with Crippen LogP contribution in [0.2, 0.25) is 0 Å². The molecule has 2 heterocycles. The summed E-state index contributed by atoms with van der Waals surface area (Å²) in [5.41, 5.74) is 4.02. The number of ether oxygens (including phenoxy) is 1. The van der Waals surface area contributed by atoms with Gasteiger partial charge in [-0.1, -0.05) is 12.1 Å². The van der Waals surface area contributed by atoms with Gasteiger partial charge in [-0.15, -0.1) is 0 Å². The number of fused-ring (bicyclic) bond motifs is 3. The molecule has 2 N–H and O–H groups in total. The van der Waals surface area contributed by atoms with Crippen molar-refractivity contribution < 1.29 is 18.8 Å². The minimum Gasteiger partial charge on any atom is -0.452 e. The van der Waals surface area contributed by atoms with E-state index in [-0.39, 0.29) is 6.61 Å². The maximum absolute atomic E-state index is 12.4. The van der Waals surface area contributed by atoms with Gasteiger partial charge in [0.15, 0.2) is 12.4 Å². The average molecular weight is 367 g/mol. The molecule has 0 fully saturated rings. The van der Waals surface area contributed by atoms with Crippen LogP contribution in [0.5, 0.6) is 0 Å². The van der Waals surface area contributed by atoms with Crippen molar-refractivity contribution in [3.63, 3.8) is 0 Å². The number of amides is 1. The minimum absolute atomic E-state index is 0.294. The number of carbonyl (C=O) groups is 2. The SMILES string of the molecule is Cc1cc(NC(=O)COC(=O)c2ccc3[nH]c4c(c3c2)CC(C)CC4)no1. The molecule has 1 aromatic carbocycles. The van der Waals surface area contributed by atoms with Crippen molar-refractivity contribution in [2.75, 3.05) is 11.9 Å². The Morgan fingerprint density at radius 2 is 2.22 bits per heavy atom. The molecule has 1 unspecified atom stereocenters. The van der Waals surface area contributed by atoms with Gasteiger partial charge in [0.05, 0.1) is 5.56 Å². The second-order valence-corrected chi connectivity index (χ2v) is 7.14. The largest absolute Gasteiger partial charge is 0.452 e. The molecule has 7 nitrogen and oxygen atoms in total. The molecule has 27 heavy (non-hydrogen) atoms. The fraction of sp³-hybridized carbons (Fsp3) is 0.350. The second-order valence-electron chi connectivity index (χ2n) is 7.14. The van der Waals surface area contributed by atoms with Crippen LogP contribution < -0.4 is 5.32 Å². The molecule has 0 bridgehead atoms. The van der Waals surface area contributed by atoms with Gasteiger partial charge in [-0.25, -0.2) is 4.79 Å². The van der Waals surface area contributed by atoms with Crippen molar-refractivity contribution in [1.82, 2.24) is 10.1 Å². The number of anilines is 1.